The average molecular weight is 358 g/mol. The zero-order chi connectivity index (χ0) is 17.2. The molecule has 1 saturated heterocycles. The van der Waals surface area contributed by atoms with Crippen molar-refractivity contribution in [2.75, 3.05) is 13.2 Å². The van der Waals surface area contributed by atoms with Gasteiger partial charge in [0.15, 0.2) is 0 Å². The number of halogens is 2. The first-order valence-electron chi connectivity index (χ1n) is 8.17. The van der Waals surface area contributed by atoms with Crippen molar-refractivity contribution in [3.8, 4) is 11.4 Å². The van der Waals surface area contributed by atoms with Gasteiger partial charge in [-0.1, -0.05) is 11.6 Å². The molecule has 0 radical (unpaired) electrons. The fourth-order valence-corrected chi connectivity index (χ4v) is 3.53. The van der Waals surface area contributed by atoms with E-state index in [4.69, 9.17) is 16.3 Å². The van der Waals surface area contributed by atoms with Crippen LogP contribution >= 0.6 is 11.6 Å². The first-order valence-corrected chi connectivity index (χ1v) is 8.55. The molecule has 1 fully saturated rings. The van der Waals surface area contributed by atoms with Crippen LogP contribution in [-0.4, -0.2) is 27.7 Å². The van der Waals surface area contributed by atoms with Gasteiger partial charge in [-0.2, -0.15) is 0 Å². The third kappa shape index (κ3) is 3.30. The molecule has 3 heterocycles. The van der Waals surface area contributed by atoms with Gasteiger partial charge in [-0.3, -0.25) is 4.98 Å². The molecule has 1 aliphatic heterocycles. The van der Waals surface area contributed by atoms with Crippen molar-refractivity contribution in [2.45, 2.75) is 12.5 Å². The monoisotopic (exact) mass is 357 g/mol. The third-order valence-electron chi connectivity index (χ3n) is 4.61. The summed E-state index contributed by atoms with van der Waals surface area (Å²) in [6.45, 7) is 1.27. The van der Waals surface area contributed by atoms with Gasteiger partial charge in [0.05, 0.1) is 24.8 Å². The predicted molar refractivity (Wildman–Crippen MR) is 93.9 cm³/mol. The van der Waals surface area contributed by atoms with Crippen molar-refractivity contribution < 1.29 is 9.13 Å². The van der Waals surface area contributed by atoms with Crippen molar-refractivity contribution in [3.63, 3.8) is 0 Å². The van der Waals surface area contributed by atoms with E-state index < -0.39 is 0 Å². The van der Waals surface area contributed by atoms with Crippen molar-refractivity contribution in [1.29, 1.82) is 0 Å². The number of hydrogen-bond donors (Lipinski definition) is 0. The highest BCUT2D eigenvalue weighted by Gasteiger charge is 2.31. The van der Waals surface area contributed by atoms with Crippen LogP contribution in [0, 0.1) is 11.7 Å². The molecule has 0 spiro atoms. The largest absolute Gasteiger partial charge is 0.379 e. The molecule has 0 amide bonds. The molecular weight excluding hydrogens is 341 g/mol. The summed E-state index contributed by atoms with van der Waals surface area (Å²) in [4.78, 5) is 8.44. The molecule has 25 heavy (non-hydrogen) atoms. The molecule has 0 bridgehead atoms. The van der Waals surface area contributed by atoms with E-state index in [1.807, 2.05) is 22.9 Å². The van der Waals surface area contributed by atoms with Gasteiger partial charge in [0.1, 0.15) is 11.6 Å². The molecule has 0 N–H and O–H groups in total. The van der Waals surface area contributed by atoms with E-state index in [0.29, 0.717) is 35.5 Å². The van der Waals surface area contributed by atoms with Crippen LogP contribution in [0.4, 0.5) is 4.39 Å². The van der Waals surface area contributed by atoms with E-state index in [0.717, 1.165) is 6.42 Å². The molecule has 3 aromatic rings. The number of rotatable bonds is 4. The number of hydrogen-bond acceptors (Lipinski definition) is 3. The predicted octanol–water partition coefficient (Wildman–Crippen LogP) is 4.17. The Bertz CT molecular complexity index is 868. The first kappa shape index (κ1) is 16.2. The fourth-order valence-electron chi connectivity index (χ4n) is 3.37. The second-order valence-electron chi connectivity index (χ2n) is 6.21. The van der Waals surface area contributed by atoms with Crippen LogP contribution < -0.4 is 0 Å². The maximum Gasteiger partial charge on any atom is 0.143 e. The van der Waals surface area contributed by atoms with Crippen LogP contribution in [0.5, 0.6) is 0 Å². The Labute approximate surface area is 150 Å². The minimum atomic E-state index is -0.371. The van der Waals surface area contributed by atoms with Gasteiger partial charge in [0.2, 0.25) is 0 Å². The van der Waals surface area contributed by atoms with Gasteiger partial charge in [-0.25, -0.2) is 9.37 Å². The molecule has 6 heteroatoms. The van der Waals surface area contributed by atoms with E-state index in [1.165, 1.54) is 11.6 Å². The average Bonchev–Trinajstić information content (AvgIpc) is 3.25. The zero-order valence-corrected chi connectivity index (χ0v) is 14.2. The molecule has 4 rings (SSSR count). The Hall–Kier alpha value is -2.24. The topological polar surface area (TPSA) is 39.9 Å². The van der Waals surface area contributed by atoms with Gasteiger partial charge < -0.3 is 9.30 Å². The number of imidazole rings is 1. The van der Waals surface area contributed by atoms with Gasteiger partial charge in [-0.05, 0) is 42.3 Å². The summed E-state index contributed by atoms with van der Waals surface area (Å²) in [6, 6.07) is 8.81. The van der Waals surface area contributed by atoms with Crippen LogP contribution in [0.1, 0.15) is 11.6 Å². The number of ether oxygens (including phenoxy) is 1. The quantitative estimate of drug-likeness (QED) is 0.703. The smallest absolute Gasteiger partial charge is 0.143 e. The number of benzene rings is 1. The van der Waals surface area contributed by atoms with Crippen molar-refractivity contribution in [2.24, 2.45) is 5.92 Å². The van der Waals surface area contributed by atoms with Gasteiger partial charge in [0.25, 0.3) is 0 Å². The normalized spacial score (nSPS) is 20.1. The van der Waals surface area contributed by atoms with E-state index in [-0.39, 0.29) is 11.9 Å². The molecule has 1 aromatic carbocycles. The first-order chi connectivity index (χ1) is 12.2. The summed E-state index contributed by atoms with van der Waals surface area (Å²) < 4.78 is 22.1. The highest BCUT2D eigenvalue weighted by molar-refractivity contribution is 6.30. The van der Waals surface area contributed by atoms with Crippen LogP contribution in [0.25, 0.3) is 11.4 Å². The minimum absolute atomic E-state index is 0.112. The molecule has 0 aliphatic carbocycles. The van der Waals surface area contributed by atoms with Crippen molar-refractivity contribution in [3.05, 3.63) is 71.5 Å². The molecule has 0 saturated carbocycles. The Kier molecular flexibility index (Phi) is 4.51. The highest BCUT2D eigenvalue weighted by atomic mass is 35.5. The maximum absolute atomic E-state index is 14.3. The summed E-state index contributed by atoms with van der Waals surface area (Å²) in [7, 11) is 0. The lowest BCUT2D eigenvalue weighted by Crippen LogP contribution is -2.20. The zero-order valence-electron chi connectivity index (χ0n) is 13.5. The van der Waals surface area contributed by atoms with Crippen molar-refractivity contribution >= 4 is 11.6 Å². The van der Waals surface area contributed by atoms with Crippen LogP contribution in [-0.2, 0) is 11.2 Å². The van der Waals surface area contributed by atoms with E-state index >= 15 is 0 Å². The van der Waals surface area contributed by atoms with Crippen LogP contribution in [0.15, 0.2) is 55.1 Å². The number of nitrogens with zero attached hydrogens (tertiary/aromatic N) is 3. The summed E-state index contributed by atoms with van der Waals surface area (Å²) in [5.41, 5.74) is 1.67. The summed E-state index contributed by atoms with van der Waals surface area (Å²) in [6.07, 6.45) is 8.07. The Morgan fingerprint density at radius 1 is 1.16 bits per heavy atom. The summed E-state index contributed by atoms with van der Waals surface area (Å²) in [5.74, 6) is 0.527. The van der Waals surface area contributed by atoms with Crippen LogP contribution in [0.3, 0.4) is 0 Å². The van der Waals surface area contributed by atoms with E-state index in [2.05, 4.69) is 9.97 Å². The number of pyridine rings is 1. The summed E-state index contributed by atoms with van der Waals surface area (Å²) in [5, 5.41) is 0.374. The van der Waals surface area contributed by atoms with Gasteiger partial charge in [-0.15, -0.1) is 0 Å². The standard InChI is InChI=1S/C19H17ClFN3O/c20-15-1-2-16(17(21)10-15)19-23-7-8-24(19)18-12-25-11-14(18)9-13-3-5-22-6-4-13/h1-8,10,14,18H,9,11-12H2/t14-,18-/m1/s1. The van der Waals surface area contributed by atoms with Crippen molar-refractivity contribution in [1.82, 2.24) is 14.5 Å². The second-order valence-corrected chi connectivity index (χ2v) is 6.64. The Morgan fingerprint density at radius 2 is 2.00 bits per heavy atom. The molecular formula is C19H17ClFN3O. The van der Waals surface area contributed by atoms with E-state index in [1.54, 1.807) is 30.7 Å². The van der Waals surface area contributed by atoms with Crippen LogP contribution in [0.2, 0.25) is 5.02 Å². The molecule has 0 unspecified atom stereocenters. The highest BCUT2D eigenvalue weighted by Crippen LogP contribution is 2.33. The SMILES string of the molecule is Fc1cc(Cl)ccc1-c1nccn1[C@@H]1COC[C@H]1Cc1ccncc1. The second kappa shape index (κ2) is 6.94. The Morgan fingerprint density at radius 3 is 2.80 bits per heavy atom. The lowest BCUT2D eigenvalue weighted by Gasteiger charge is -2.21. The van der Waals surface area contributed by atoms with Gasteiger partial charge >= 0.3 is 0 Å². The third-order valence-corrected chi connectivity index (χ3v) is 4.85. The van der Waals surface area contributed by atoms with Gasteiger partial charge in [0, 0.05) is 35.7 Å². The summed E-state index contributed by atoms with van der Waals surface area (Å²) >= 11 is 5.87. The molecule has 128 valence electrons. The Balaban J connectivity index is 1.64. The lowest BCUT2D eigenvalue weighted by molar-refractivity contribution is 0.181. The van der Waals surface area contributed by atoms with E-state index in [9.17, 15) is 4.39 Å². The minimum Gasteiger partial charge on any atom is -0.379 e. The lowest BCUT2D eigenvalue weighted by atomic mass is 9.95. The molecule has 2 aromatic heterocycles. The molecule has 1 aliphatic rings. The maximum atomic E-state index is 14.3. The fraction of sp³-hybridized carbons (Fsp3) is 0.263. The number of aromatic nitrogens is 3. The molecule has 2 atom stereocenters. The molecule has 4 nitrogen and oxygen atoms in total.